The van der Waals surface area contributed by atoms with Gasteiger partial charge in [0.1, 0.15) is 17.6 Å². The molecule has 0 radical (unpaired) electrons. The van der Waals surface area contributed by atoms with Crippen molar-refractivity contribution in [2.45, 2.75) is 19.5 Å². The van der Waals surface area contributed by atoms with Crippen LogP contribution in [0, 0.1) is 17.1 Å². The molecule has 0 aliphatic rings. The molecule has 0 unspecified atom stereocenters. The summed E-state index contributed by atoms with van der Waals surface area (Å²) in [5.74, 6) is 0.717. The van der Waals surface area contributed by atoms with Gasteiger partial charge in [-0.1, -0.05) is 18.2 Å². The molecule has 0 fully saturated rings. The maximum Gasteiger partial charge on any atom is 0.203 e. The van der Waals surface area contributed by atoms with Crippen LogP contribution in [0.2, 0.25) is 0 Å². The fraction of sp³-hybridized carbons (Fsp3) is 0.214. The van der Waals surface area contributed by atoms with Gasteiger partial charge in [-0.3, -0.25) is 0 Å². The Morgan fingerprint density at radius 1 is 1.33 bits per heavy atom. The van der Waals surface area contributed by atoms with Crippen LogP contribution < -0.4 is 5.32 Å². The molecule has 1 aromatic carbocycles. The zero-order chi connectivity index (χ0) is 13.0. The summed E-state index contributed by atoms with van der Waals surface area (Å²) in [6.07, 6.45) is 0. The van der Waals surface area contributed by atoms with Crippen molar-refractivity contribution in [1.82, 2.24) is 5.32 Å². The summed E-state index contributed by atoms with van der Waals surface area (Å²) in [4.78, 5) is 0. The summed E-state index contributed by atoms with van der Waals surface area (Å²) >= 11 is 0. The molecule has 1 atom stereocenters. The van der Waals surface area contributed by atoms with Crippen LogP contribution in [0.25, 0.3) is 0 Å². The van der Waals surface area contributed by atoms with Crippen LogP contribution in [-0.4, -0.2) is 0 Å². The minimum atomic E-state index is -0.227. The number of nitrogens with zero attached hydrogens (tertiary/aromatic N) is 1. The average molecular weight is 244 g/mol. The second-order valence-electron chi connectivity index (χ2n) is 4.00. The number of furan rings is 1. The first kappa shape index (κ1) is 12.3. The van der Waals surface area contributed by atoms with Gasteiger partial charge in [-0.2, -0.15) is 5.26 Å². The molecule has 1 aromatic heterocycles. The van der Waals surface area contributed by atoms with Crippen LogP contribution in [0.15, 0.2) is 40.8 Å². The number of halogens is 1. The first-order valence-electron chi connectivity index (χ1n) is 5.67. The van der Waals surface area contributed by atoms with Gasteiger partial charge in [0.25, 0.3) is 0 Å². The van der Waals surface area contributed by atoms with Crippen molar-refractivity contribution in [2.24, 2.45) is 0 Å². The van der Waals surface area contributed by atoms with Crippen molar-refractivity contribution < 1.29 is 8.81 Å². The molecule has 3 nitrogen and oxygen atoms in total. The zero-order valence-electron chi connectivity index (χ0n) is 9.98. The van der Waals surface area contributed by atoms with Gasteiger partial charge in [0.2, 0.25) is 5.76 Å². The summed E-state index contributed by atoms with van der Waals surface area (Å²) in [6, 6.07) is 11.8. The minimum absolute atomic E-state index is 0.123. The Morgan fingerprint density at radius 3 is 2.78 bits per heavy atom. The van der Waals surface area contributed by atoms with Crippen LogP contribution >= 0.6 is 0 Å². The van der Waals surface area contributed by atoms with Gasteiger partial charge in [0, 0.05) is 11.6 Å². The topological polar surface area (TPSA) is 49.0 Å². The van der Waals surface area contributed by atoms with Crippen molar-refractivity contribution in [3.63, 3.8) is 0 Å². The van der Waals surface area contributed by atoms with Crippen molar-refractivity contribution in [1.29, 1.82) is 5.26 Å². The van der Waals surface area contributed by atoms with Gasteiger partial charge in [0.15, 0.2) is 0 Å². The lowest BCUT2D eigenvalue weighted by Crippen LogP contribution is -2.18. The van der Waals surface area contributed by atoms with E-state index in [1.165, 1.54) is 6.07 Å². The maximum absolute atomic E-state index is 13.5. The molecule has 1 heterocycles. The monoisotopic (exact) mass is 244 g/mol. The van der Waals surface area contributed by atoms with E-state index < -0.39 is 0 Å². The van der Waals surface area contributed by atoms with Gasteiger partial charge in [0.05, 0.1) is 6.54 Å². The van der Waals surface area contributed by atoms with E-state index in [1.807, 2.05) is 13.0 Å². The zero-order valence-corrected chi connectivity index (χ0v) is 9.98. The van der Waals surface area contributed by atoms with E-state index in [-0.39, 0.29) is 17.6 Å². The Labute approximate surface area is 105 Å². The highest BCUT2D eigenvalue weighted by Gasteiger charge is 2.10. The van der Waals surface area contributed by atoms with E-state index >= 15 is 0 Å². The molecular weight excluding hydrogens is 231 g/mol. The standard InChI is InChI=1S/C14H13FN2O/c1-10(13-4-2-3-5-14(13)15)17-9-12-7-6-11(8-16)18-12/h2-7,10,17H,9H2,1H3/t10-/m1/s1. The Morgan fingerprint density at radius 2 is 2.11 bits per heavy atom. The van der Waals surface area contributed by atoms with Crippen LogP contribution in [0.5, 0.6) is 0 Å². The lowest BCUT2D eigenvalue weighted by atomic mass is 10.1. The fourth-order valence-electron chi connectivity index (χ4n) is 1.72. The summed E-state index contributed by atoms with van der Waals surface area (Å²) < 4.78 is 18.7. The van der Waals surface area contributed by atoms with Gasteiger partial charge >= 0.3 is 0 Å². The van der Waals surface area contributed by atoms with E-state index in [2.05, 4.69) is 5.32 Å². The smallest absolute Gasteiger partial charge is 0.203 e. The highest BCUT2D eigenvalue weighted by Crippen LogP contribution is 2.17. The number of hydrogen-bond acceptors (Lipinski definition) is 3. The average Bonchev–Trinajstić information content (AvgIpc) is 2.84. The normalized spacial score (nSPS) is 12.1. The molecule has 0 amide bonds. The van der Waals surface area contributed by atoms with Crippen molar-refractivity contribution >= 4 is 0 Å². The Kier molecular flexibility index (Phi) is 3.75. The molecule has 0 saturated carbocycles. The molecule has 0 saturated heterocycles. The largest absolute Gasteiger partial charge is 0.449 e. The minimum Gasteiger partial charge on any atom is -0.449 e. The van der Waals surface area contributed by atoms with E-state index in [9.17, 15) is 4.39 Å². The molecule has 1 N–H and O–H groups in total. The van der Waals surface area contributed by atoms with E-state index in [1.54, 1.807) is 30.3 Å². The third-order valence-corrected chi connectivity index (χ3v) is 2.73. The van der Waals surface area contributed by atoms with Crippen LogP contribution in [0.3, 0.4) is 0 Å². The molecular formula is C14H13FN2O. The third-order valence-electron chi connectivity index (χ3n) is 2.73. The molecule has 0 aliphatic heterocycles. The highest BCUT2D eigenvalue weighted by atomic mass is 19.1. The van der Waals surface area contributed by atoms with Crippen LogP contribution in [0.4, 0.5) is 4.39 Å². The van der Waals surface area contributed by atoms with E-state index in [0.717, 1.165) is 0 Å². The van der Waals surface area contributed by atoms with Crippen LogP contribution in [0.1, 0.15) is 30.0 Å². The van der Waals surface area contributed by atoms with Crippen molar-refractivity contribution in [2.75, 3.05) is 0 Å². The van der Waals surface area contributed by atoms with Gasteiger partial charge in [-0.05, 0) is 25.1 Å². The molecule has 4 heteroatoms. The van der Waals surface area contributed by atoms with Crippen molar-refractivity contribution in [3.05, 3.63) is 59.3 Å². The van der Waals surface area contributed by atoms with Gasteiger partial charge < -0.3 is 9.73 Å². The second-order valence-corrected chi connectivity index (χ2v) is 4.00. The number of benzene rings is 1. The van der Waals surface area contributed by atoms with E-state index in [0.29, 0.717) is 17.9 Å². The first-order chi connectivity index (χ1) is 8.70. The number of nitrogens with one attached hydrogen (secondary N) is 1. The molecule has 0 aliphatic carbocycles. The molecule has 2 rings (SSSR count). The molecule has 0 spiro atoms. The summed E-state index contributed by atoms with van der Waals surface area (Å²) in [5.41, 5.74) is 0.615. The second kappa shape index (κ2) is 5.48. The quantitative estimate of drug-likeness (QED) is 0.898. The Balaban J connectivity index is 1.98. The number of hydrogen-bond donors (Lipinski definition) is 1. The molecule has 18 heavy (non-hydrogen) atoms. The van der Waals surface area contributed by atoms with E-state index in [4.69, 9.17) is 9.68 Å². The van der Waals surface area contributed by atoms with Crippen LogP contribution in [-0.2, 0) is 6.54 Å². The molecule has 0 bridgehead atoms. The maximum atomic E-state index is 13.5. The predicted molar refractivity (Wildman–Crippen MR) is 65.1 cm³/mol. The third kappa shape index (κ3) is 2.76. The first-order valence-corrected chi connectivity index (χ1v) is 5.67. The fourth-order valence-corrected chi connectivity index (χ4v) is 1.72. The molecule has 92 valence electrons. The SMILES string of the molecule is C[C@@H](NCc1ccc(C#N)o1)c1ccccc1F. The van der Waals surface area contributed by atoms with Gasteiger partial charge in [-0.15, -0.1) is 0 Å². The summed E-state index contributed by atoms with van der Waals surface area (Å²) in [7, 11) is 0. The lowest BCUT2D eigenvalue weighted by Gasteiger charge is -2.13. The molecule has 2 aromatic rings. The lowest BCUT2D eigenvalue weighted by molar-refractivity contribution is 0.447. The Hall–Kier alpha value is -2.12. The Bertz CT molecular complexity index is 571. The van der Waals surface area contributed by atoms with Gasteiger partial charge in [-0.25, -0.2) is 4.39 Å². The van der Waals surface area contributed by atoms with Crippen molar-refractivity contribution in [3.8, 4) is 6.07 Å². The highest BCUT2D eigenvalue weighted by molar-refractivity contribution is 5.21. The number of rotatable bonds is 4. The predicted octanol–water partition coefficient (Wildman–Crippen LogP) is 3.14. The summed E-state index contributed by atoms with van der Waals surface area (Å²) in [5, 5.41) is 11.8. The number of nitriles is 1. The summed E-state index contributed by atoms with van der Waals surface area (Å²) in [6.45, 7) is 2.34.